The Bertz CT molecular complexity index is 970. The van der Waals surface area contributed by atoms with Crippen LogP contribution in [0.15, 0.2) is 53.9 Å². The molecule has 35 heavy (non-hydrogen) atoms. The number of ketones is 1. The normalized spacial score (nSPS) is 15.8. The van der Waals surface area contributed by atoms with Gasteiger partial charge >= 0.3 is 6.09 Å². The number of carbonyl (C=O) groups is 3. The predicted molar refractivity (Wildman–Crippen MR) is 135 cm³/mol. The summed E-state index contributed by atoms with van der Waals surface area (Å²) >= 11 is 1.55. The van der Waals surface area contributed by atoms with Crippen molar-refractivity contribution in [3.63, 3.8) is 0 Å². The lowest BCUT2D eigenvalue weighted by Gasteiger charge is -2.40. The fourth-order valence-corrected chi connectivity index (χ4v) is 4.99. The van der Waals surface area contributed by atoms with Gasteiger partial charge in [0.15, 0.2) is 5.16 Å². The van der Waals surface area contributed by atoms with Crippen LogP contribution < -0.4 is 10.6 Å². The molecule has 2 aromatic rings. The van der Waals surface area contributed by atoms with Gasteiger partial charge in [0.05, 0.1) is 12.6 Å². The van der Waals surface area contributed by atoms with Gasteiger partial charge in [0.2, 0.25) is 5.78 Å². The lowest BCUT2D eigenvalue weighted by Crippen LogP contribution is -2.49. The van der Waals surface area contributed by atoms with Crippen molar-refractivity contribution in [2.75, 3.05) is 12.4 Å². The second-order valence-corrected chi connectivity index (χ2v) is 10.0. The molecule has 188 valence electrons. The monoisotopic (exact) mass is 498 g/mol. The predicted octanol–water partition coefficient (Wildman–Crippen LogP) is 4.47. The first-order valence-corrected chi connectivity index (χ1v) is 13.1. The molecule has 3 rings (SSSR count). The van der Waals surface area contributed by atoms with Crippen molar-refractivity contribution < 1.29 is 19.1 Å². The van der Waals surface area contributed by atoms with Crippen molar-refractivity contribution in [3.8, 4) is 0 Å². The Hall–Kier alpha value is -2.94. The van der Waals surface area contributed by atoms with Crippen molar-refractivity contribution in [2.45, 2.75) is 69.6 Å². The summed E-state index contributed by atoms with van der Waals surface area (Å²) in [5.41, 5.74) is 0.780. The molecule has 2 N–H and O–H groups in total. The molecule has 1 aromatic carbocycles. The molecule has 1 fully saturated rings. The maximum absolute atomic E-state index is 12.9. The van der Waals surface area contributed by atoms with E-state index in [-0.39, 0.29) is 18.1 Å². The number of aromatic nitrogens is 2. The van der Waals surface area contributed by atoms with Gasteiger partial charge in [-0.15, -0.1) is 0 Å². The molecule has 1 aromatic heterocycles. The summed E-state index contributed by atoms with van der Waals surface area (Å²) < 4.78 is 5.54. The van der Waals surface area contributed by atoms with Gasteiger partial charge in [0.25, 0.3) is 5.91 Å². The molecule has 1 aliphatic carbocycles. The summed E-state index contributed by atoms with van der Waals surface area (Å²) in [5.74, 6) is -0.617. The van der Waals surface area contributed by atoms with Gasteiger partial charge in [-0.1, -0.05) is 68.3 Å². The minimum atomic E-state index is -0.921. The third-order valence-corrected chi connectivity index (χ3v) is 7.52. The van der Waals surface area contributed by atoms with E-state index in [1.807, 2.05) is 44.2 Å². The molecule has 0 radical (unpaired) electrons. The van der Waals surface area contributed by atoms with Crippen LogP contribution in [0.1, 0.15) is 64.0 Å². The number of rotatable bonds is 13. The van der Waals surface area contributed by atoms with Crippen LogP contribution in [0.4, 0.5) is 4.79 Å². The highest BCUT2D eigenvalue weighted by molar-refractivity contribution is 7.99. The second-order valence-electron chi connectivity index (χ2n) is 9.06. The highest BCUT2D eigenvalue weighted by Gasteiger charge is 2.39. The smallest absolute Gasteiger partial charge is 0.407 e. The van der Waals surface area contributed by atoms with Gasteiger partial charge in [-0.05, 0) is 37.8 Å². The van der Waals surface area contributed by atoms with Crippen LogP contribution in [0.3, 0.4) is 0 Å². The summed E-state index contributed by atoms with van der Waals surface area (Å²) in [5, 5.41) is 6.07. The molecular formula is C26H34N4O4S. The van der Waals surface area contributed by atoms with Gasteiger partial charge in [0.1, 0.15) is 6.04 Å². The molecule has 1 saturated carbocycles. The third-order valence-electron chi connectivity index (χ3n) is 6.30. The Balaban J connectivity index is 1.52. The Labute approximate surface area is 211 Å². The van der Waals surface area contributed by atoms with Crippen LogP contribution in [-0.4, -0.2) is 46.2 Å². The Morgan fingerprint density at radius 2 is 1.80 bits per heavy atom. The number of amides is 2. The SMILES string of the molecule is CCCC[C@H](NC(=O)OCC1(CSc2ncccn2)CCC1)C(=O)C(=O)N[C@H](C)c1ccccc1. The Morgan fingerprint density at radius 3 is 2.43 bits per heavy atom. The van der Waals surface area contributed by atoms with Crippen LogP contribution in [0.5, 0.6) is 0 Å². The number of nitrogens with one attached hydrogen (secondary N) is 2. The van der Waals surface area contributed by atoms with E-state index < -0.39 is 23.8 Å². The second kappa shape index (κ2) is 13.2. The zero-order chi connectivity index (χ0) is 25.1. The first kappa shape index (κ1) is 26.7. The number of benzene rings is 1. The van der Waals surface area contributed by atoms with Crippen molar-refractivity contribution in [1.29, 1.82) is 0 Å². The maximum atomic E-state index is 12.9. The van der Waals surface area contributed by atoms with E-state index >= 15 is 0 Å². The molecule has 2 amide bonds. The number of hydrogen-bond donors (Lipinski definition) is 2. The van der Waals surface area contributed by atoms with Crippen LogP contribution >= 0.6 is 11.8 Å². The third kappa shape index (κ3) is 8.06. The average Bonchev–Trinajstić information content (AvgIpc) is 2.86. The molecule has 0 aliphatic heterocycles. The van der Waals surface area contributed by atoms with E-state index in [1.165, 1.54) is 0 Å². The van der Waals surface area contributed by atoms with Crippen LogP contribution in [-0.2, 0) is 14.3 Å². The molecule has 0 bridgehead atoms. The van der Waals surface area contributed by atoms with Crippen LogP contribution in [0, 0.1) is 5.41 Å². The van der Waals surface area contributed by atoms with Gasteiger partial charge in [-0.3, -0.25) is 9.59 Å². The minimum Gasteiger partial charge on any atom is -0.449 e. The summed E-state index contributed by atoms with van der Waals surface area (Å²) in [6.45, 7) is 4.07. The van der Waals surface area contributed by atoms with Crippen LogP contribution in [0.25, 0.3) is 0 Å². The molecule has 0 saturated heterocycles. The number of ether oxygens (including phenoxy) is 1. The topological polar surface area (TPSA) is 110 Å². The fraction of sp³-hybridized carbons (Fsp3) is 0.500. The molecule has 0 spiro atoms. The van der Waals surface area contributed by atoms with Gasteiger partial charge in [0, 0.05) is 23.6 Å². The standard InChI is InChI=1S/C26H34N4O4S/c1-3-4-12-21(22(31)23(32)29-19(2)20-10-6-5-7-11-20)30-25(33)34-17-26(13-8-14-26)18-35-24-27-15-9-16-28-24/h5-7,9-11,15-16,19,21H,3-4,8,12-14,17-18H2,1-2H3,(H,29,32)(H,30,33)/t19-,21+/m1/s1. The summed E-state index contributed by atoms with van der Waals surface area (Å²) in [7, 11) is 0. The fourth-order valence-electron chi connectivity index (χ4n) is 3.92. The molecular weight excluding hydrogens is 464 g/mol. The largest absolute Gasteiger partial charge is 0.449 e. The number of thioether (sulfide) groups is 1. The molecule has 8 nitrogen and oxygen atoms in total. The lowest BCUT2D eigenvalue weighted by molar-refractivity contribution is -0.139. The number of unbranched alkanes of at least 4 members (excludes halogenated alkanes) is 1. The van der Waals surface area contributed by atoms with E-state index in [9.17, 15) is 14.4 Å². The summed E-state index contributed by atoms with van der Waals surface area (Å²) in [4.78, 5) is 46.6. The average molecular weight is 499 g/mol. The first-order chi connectivity index (χ1) is 16.9. The lowest BCUT2D eigenvalue weighted by atomic mass is 9.71. The van der Waals surface area contributed by atoms with Gasteiger partial charge in [-0.2, -0.15) is 0 Å². The van der Waals surface area contributed by atoms with Crippen molar-refractivity contribution >= 4 is 29.5 Å². The van der Waals surface area contributed by atoms with E-state index in [4.69, 9.17) is 4.74 Å². The Morgan fingerprint density at radius 1 is 1.09 bits per heavy atom. The number of nitrogens with zero attached hydrogens (tertiary/aromatic N) is 2. The first-order valence-electron chi connectivity index (χ1n) is 12.2. The molecule has 0 unspecified atom stereocenters. The molecule has 9 heteroatoms. The number of hydrogen-bond acceptors (Lipinski definition) is 7. The summed E-state index contributed by atoms with van der Waals surface area (Å²) in [6, 6.07) is 9.95. The molecule has 1 aliphatic rings. The highest BCUT2D eigenvalue weighted by atomic mass is 32.2. The maximum Gasteiger partial charge on any atom is 0.407 e. The van der Waals surface area contributed by atoms with E-state index in [0.717, 1.165) is 37.0 Å². The van der Waals surface area contributed by atoms with Gasteiger partial charge < -0.3 is 15.4 Å². The van der Waals surface area contributed by atoms with Crippen molar-refractivity contribution in [2.24, 2.45) is 5.41 Å². The Kier molecular flexibility index (Phi) is 10.1. The van der Waals surface area contributed by atoms with E-state index in [2.05, 4.69) is 20.6 Å². The van der Waals surface area contributed by atoms with Crippen molar-refractivity contribution in [3.05, 3.63) is 54.4 Å². The van der Waals surface area contributed by atoms with Gasteiger partial charge in [-0.25, -0.2) is 14.8 Å². The summed E-state index contributed by atoms with van der Waals surface area (Å²) in [6.07, 6.45) is 7.66. The zero-order valence-corrected chi connectivity index (χ0v) is 21.2. The molecule has 1 heterocycles. The number of Topliss-reactive ketones (excluding diaryl/α,β-unsaturated/α-hetero) is 1. The van der Waals surface area contributed by atoms with E-state index in [0.29, 0.717) is 18.0 Å². The van der Waals surface area contributed by atoms with E-state index in [1.54, 1.807) is 30.2 Å². The van der Waals surface area contributed by atoms with Crippen LogP contribution in [0.2, 0.25) is 0 Å². The van der Waals surface area contributed by atoms with Crippen molar-refractivity contribution in [1.82, 2.24) is 20.6 Å². The zero-order valence-electron chi connectivity index (χ0n) is 20.4. The molecule has 2 atom stereocenters. The highest BCUT2D eigenvalue weighted by Crippen LogP contribution is 2.44. The number of alkyl carbamates (subject to hydrolysis) is 1. The quantitative estimate of drug-likeness (QED) is 0.238. The minimum absolute atomic E-state index is 0.118. The number of carbonyl (C=O) groups excluding carboxylic acids is 3.